The van der Waals surface area contributed by atoms with Gasteiger partial charge in [-0.2, -0.15) is 0 Å². The molecule has 12 nitrogen and oxygen atoms in total. The number of allylic oxidation sites excluding steroid dienone is 2. The molecule has 256 valence electrons. The van der Waals surface area contributed by atoms with E-state index in [1.54, 1.807) is 18.7 Å². The van der Waals surface area contributed by atoms with E-state index in [9.17, 15) is 34.8 Å². The van der Waals surface area contributed by atoms with Gasteiger partial charge in [0.1, 0.15) is 0 Å². The van der Waals surface area contributed by atoms with E-state index >= 15 is 0 Å². The predicted octanol–water partition coefficient (Wildman–Crippen LogP) is 0.720. The predicted molar refractivity (Wildman–Crippen MR) is 176 cm³/mol. The molecule has 0 aromatic carbocycles. The topological polar surface area (TPSA) is 189 Å². The Labute approximate surface area is 300 Å². The van der Waals surface area contributed by atoms with E-state index in [0.717, 1.165) is 51.4 Å². The number of carbonyl (C=O) groups is 3. The zero-order valence-corrected chi connectivity index (χ0v) is 30.0. The monoisotopic (exact) mass is 666 g/mol. The molecule has 0 aliphatic carbocycles. The quantitative estimate of drug-likeness (QED) is 0.0305. The number of hydrogen-bond acceptors (Lipinski definition) is 10. The third kappa shape index (κ3) is 38.6. The van der Waals surface area contributed by atoms with Crippen molar-refractivity contribution in [3.63, 3.8) is 0 Å². The largest absolute Gasteiger partial charge is 2.00 e. The van der Waals surface area contributed by atoms with Gasteiger partial charge in [0.15, 0.2) is 0 Å². The molecule has 13 heteroatoms. The first kappa shape index (κ1) is 47.9. The van der Waals surface area contributed by atoms with Gasteiger partial charge in [-0.05, 0) is 71.1 Å². The average molecular weight is 667 g/mol. The van der Waals surface area contributed by atoms with Crippen LogP contribution in [0.5, 0.6) is 0 Å². The maximum absolute atomic E-state index is 11.7. The van der Waals surface area contributed by atoms with Gasteiger partial charge in [0, 0.05) is 58.2 Å². The van der Waals surface area contributed by atoms with Crippen LogP contribution in [0, 0.1) is 0 Å². The summed E-state index contributed by atoms with van der Waals surface area (Å²) < 4.78 is 0. The summed E-state index contributed by atoms with van der Waals surface area (Å²) in [7, 11) is 0. The summed E-state index contributed by atoms with van der Waals surface area (Å²) >= 11 is 0. The molecule has 0 aromatic heterocycles. The van der Waals surface area contributed by atoms with E-state index in [1.807, 2.05) is 17.1 Å². The van der Waals surface area contributed by atoms with Crippen LogP contribution in [-0.2, 0) is 14.4 Å². The van der Waals surface area contributed by atoms with Gasteiger partial charge < -0.3 is 40.6 Å². The zero-order chi connectivity index (χ0) is 33.6. The standard InChI is InChI=1S/2C16H30N2O4.Ca/c2*1-3-4-5-6-7-8-15(20)17-10-12-18(13-14(2)19)11-9-16(21)22;/h2*3,14,19H,1,4-13H2,2H3,(H,17,20)(H,21,22);/q;;+2/p-2. The molecule has 0 radical (unpaired) electrons. The molecule has 0 heterocycles. The molecule has 0 aliphatic heterocycles. The van der Waals surface area contributed by atoms with Gasteiger partial charge >= 0.3 is 43.7 Å². The Bertz CT molecular complexity index is 812. The molecule has 2 unspecified atom stereocenters. The second-order valence-electron chi connectivity index (χ2n) is 11.0. The van der Waals surface area contributed by atoms with E-state index in [4.69, 9.17) is 5.11 Å². The summed E-state index contributed by atoms with van der Waals surface area (Å²) in [6.07, 6.45) is 11.4. The number of aliphatic carboxylic acids is 2. The summed E-state index contributed by atoms with van der Waals surface area (Å²) in [6.45, 7) is 13.8. The molecular formula is C32H58CaN4O8. The van der Waals surface area contributed by atoms with Crippen LogP contribution in [0.25, 0.3) is 0 Å². The smallest absolute Gasteiger partial charge is 0.862 e. The number of carbonyl (C=O) groups excluding carboxylic acids is 2. The Morgan fingerprint density at radius 1 is 0.778 bits per heavy atom. The first-order chi connectivity index (χ1) is 20.9. The van der Waals surface area contributed by atoms with E-state index in [1.165, 1.54) is 0 Å². The number of carboxylic acids is 2. The number of aliphatic hydroxyl groups excluding tert-OH is 2. The Kier molecular flexibility index (Phi) is 36.0. The number of nitrogens with one attached hydrogen (secondary N) is 1. The van der Waals surface area contributed by atoms with Crippen LogP contribution in [0.2, 0.25) is 0 Å². The molecule has 1 amide bonds. The van der Waals surface area contributed by atoms with Crippen LogP contribution >= 0.6 is 0 Å². The van der Waals surface area contributed by atoms with Gasteiger partial charge in [-0.25, -0.2) is 0 Å². The molecule has 0 saturated carbocycles. The van der Waals surface area contributed by atoms with Crippen molar-refractivity contribution < 1.29 is 39.9 Å². The fourth-order valence-corrected chi connectivity index (χ4v) is 4.17. The molecule has 2 atom stereocenters. The van der Waals surface area contributed by atoms with Gasteiger partial charge in [-0.15, -0.1) is 13.2 Å². The van der Waals surface area contributed by atoms with E-state index in [2.05, 4.69) is 23.5 Å². The Hall–Kier alpha value is -1.54. The Balaban J connectivity index is -0.000000767. The molecular weight excluding hydrogens is 608 g/mol. The van der Waals surface area contributed by atoms with Gasteiger partial charge in [-0.1, -0.05) is 25.0 Å². The Morgan fingerprint density at radius 2 is 1.29 bits per heavy atom. The molecule has 0 spiro atoms. The minimum absolute atomic E-state index is 0. The van der Waals surface area contributed by atoms with Crippen LogP contribution in [0.15, 0.2) is 30.3 Å². The minimum atomic E-state index is -1.12. The summed E-state index contributed by atoms with van der Waals surface area (Å²) in [5.41, 5.74) is 0. The number of rotatable bonds is 28. The van der Waals surface area contributed by atoms with Gasteiger partial charge in [0.2, 0.25) is 5.91 Å². The fourth-order valence-electron chi connectivity index (χ4n) is 4.17. The van der Waals surface area contributed by atoms with E-state index in [0.29, 0.717) is 65.2 Å². The first-order valence-corrected chi connectivity index (χ1v) is 15.8. The second-order valence-corrected chi connectivity index (χ2v) is 11.0. The van der Waals surface area contributed by atoms with Crippen molar-refractivity contribution in [3.8, 4) is 0 Å². The van der Waals surface area contributed by atoms with Crippen LogP contribution in [0.1, 0.15) is 90.9 Å². The molecule has 0 bridgehead atoms. The fraction of sp³-hybridized carbons (Fsp3) is 0.750. The molecule has 4 N–H and O–H groups in total. The summed E-state index contributed by atoms with van der Waals surface area (Å²) in [5, 5.41) is 52.4. The third-order valence-corrected chi connectivity index (χ3v) is 6.38. The zero-order valence-electron chi connectivity index (χ0n) is 27.8. The number of aliphatic hydroxyl groups is 2. The van der Waals surface area contributed by atoms with Crippen LogP contribution in [-0.4, -0.2) is 151 Å². The minimum Gasteiger partial charge on any atom is -0.862 e. The van der Waals surface area contributed by atoms with Crippen LogP contribution in [0.3, 0.4) is 0 Å². The number of amides is 1. The SMILES string of the molecule is C=CCCCCCC(=O)NCCN(CCC(=O)O)CC(C)O.C=CCCCCCC([O-])=NCCN(CCC(=O)[O-])CC(C)O.[Ca+2]. The molecule has 0 saturated heterocycles. The van der Waals surface area contributed by atoms with Crippen LogP contribution in [0.4, 0.5) is 0 Å². The molecule has 0 aromatic rings. The van der Waals surface area contributed by atoms with Crippen LogP contribution < -0.4 is 15.5 Å². The average Bonchev–Trinajstić information content (AvgIpc) is 2.94. The maximum atomic E-state index is 11.7. The summed E-state index contributed by atoms with van der Waals surface area (Å²) in [6, 6.07) is 0. The number of unbranched alkanes of at least 4 members (excludes halogenated alkanes) is 6. The van der Waals surface area contributed by atoms with E-state index in [-0.39, 0.29) is 62.4 Å². The van der Waals surface area contributed by atoms with Gasteiger partial charge in [0.05, 0.1) is 25.2 Å². The van der Waals surface area contributed by atoms with Crippen molar-refractivity contribution in [3.05, 3.63) is 25.3 Å². The normalized spacial score (nSPS) is 12.4. The van der Waals surface area contributed by atoms with Crippen molar-refractivity contribution in [1.82, 2.24) is 15.1 Å². The first-order valence-electron chi connectivity index (χ1n) is 15.8. The maximum Gasteiger partial charge on any atom is 2.00 e. The second kappa shape index (κ2) is 33.8. The Morgan fingerprint density at radius 3 is 1.78 bits per heavy atom. The summed E-state index contributed by atoms with van der Waals surface area (Å²) in [5.74, 6) is -2.08. The number of nitrogens with zero attached hydrogens (tertiary/aromatic N) is 3. The van der Waals surface area contributed by atoms with Gasteiger partial charge in [0.25, 0.3) is 0 Å². The number of aliphatic imine (C=N–C) groups is 1. The third-order valence-electron chi connectivity index (χ3n) is 6.38. The van der Waals surface area contributed by atoms with Crippen molar-refractivity contribution in [2.45, 2.75) is 103 Å². The number of hydrogen-bond donors (Lipinski definition) is 4. The van der Waals surface area contributed by atoms with Crippen molar-refractivity contribution in [1.29, 1.82) is 0 Å². The number of carboxylic acid groups (broad SMARTS) is 2. The van der Waals surface area contributed by atoms with Crippen molar-refractivity contribution in [2.75, 3.05) is 52.4 Å². The van der Waals surface area contributed by atoms with Gasteiger partial charge in [-0.3, -0.25) is 19.4 Å². The summed E-state index contributed by atoms with van der Waals surface area (Å²) in [4.78, 5) is 40.3. The molecule has 0 rings (SSSR count). The molecule has 0 fully saturated rings. The van der Waals surface area contributed by atoms with E-state index < -0.39 is 24.1 Å². The van der Waals surface area contributed by atoms with Crippen molar-refractivity contribution >= 4 is 61.5 Å². The molecule has 45 heavy (non-hydrogen) atoms. The van der Waals surface area contributed by atoms with Crippen molar-refractivity contribution in [2.24, 2.45) is 4.99 Å². The molecule has 0 aliphatic rings.